The number of hydrogen-bond acceptors (Lipinski definition) is 4. The fraction of sp³-hybridized carbons (Fsp3) is 0.867. The Kier molecular flexibility index (Phi) is 11.9. The van der Waals surface area contributed by atoms with E-state index in [2.05, 4.69) is 20.4 Å². The topological polar surface area (TPSA) is 64.7 Å². The van der Waals surface area contributed by atoms with Gasteiger partial charge in [0.05, 0.1) is 13.1 Å². The molecular formula is C15H32N4O2. The van der Waals surface area contributed by atoms with Gasteiger partial charge in [-0.2, -0.15) is 0 Å². The zero-order valence-corrected chi connectivity index (χ0v) is 14.1. The van der Waals surface area contributed by atoms with Gasteiger partial charge in [0, 0.05) is 13.1 Å². The van der Waals surface area contributed by atoms with Crippen LogP contribution in [0, 0.1) is 0 Å². The first-order chi connectivity index (χ1) is 10.1. The maximum absolute atomic E-state index is 11.6. The molecule has 0 aliphatic rings. The van der Waals surface area contributed by atoms with E-state index < -0.39 is 0 Å². The smallest absolute Gasteiger partial charge is 0.234 e. The second kappa shape index (κ2) is 12.6. The Hall–Kier alpha value is -1.14. The Morgan fingerprint density at radius 3 is 1.33 bits per heavy atom. The van der Waals surface area contributed by atoms with E-state index in [9.17, 15) is 9.59 Å². The van der Waals surface area contributed by atoms with Gasteiger partial charge >= 0.3 is 0 Å². The molecule has 6 nitrogen and oxygen atoms in total. The van der Waals surface area contributed by atoms with E-state index in [1.807, 2.05) is 27.7 Å². The van der Waals surface area contributed by atoms with Crippen LogP contribution in [-0.4, -0.2) is 74.0 Å². The minimum atomic E-state index is 0.0492. The van der Waals surface area contributed by atoms with Crippen LogP contribution in [0.25, 0.3) is 0 Å². The summed E-state index contributed by atoms with van der Waals surface area (Å²) in [5.41, 5.74) is 0. The summed E-state index contributed by atoms with van der Waals surface area (Å²) < 4.78 is 0. The molecule has 2 amide bonds. The van der Waals surface area contributed by atoms with Crippen LogP contribution >= 0.6 is 0 Å². The Morgan fingerprint density at radius 2 is 1.05 bits per heavy atom. The molecule has 0 spiro atoms. The fourth-order valence-corrected chi connectivity index (χ4v) is 1.96. The third kappa shape index (κ3) is 10.3. The quantitative estimate of drug-likeness (QED) is 0.509. The lowest BCUT2D eigenvalue weighted by Gasteiger charge is -2.18. The van der Waals surface area contributed by atoms with Crippen molar-refractivity contribution in [1.82, 2.24) is 20.4 Å². The number of nitrogens with one attached hydrogen (secondary N) is 2. The lowest BCUT2D eigenvalue weighted by Crippen LogP contribution is -2.39. The maximum Gasteiger partial charge on any atom is 0.234 e. The summed E-state index contributed by atoms with van der Waals surface area (Å²) in [5.74, 6) is 0.0985. The molecule has 0 aromatic heterocycles. The van der Waals surface area contributed by atoms with Gasteiger partial charge in [0.1, 0.15) is 0 Å². The molecule has 0 saturated carbocycles. The molecule has 2 N–H and O–H groups in total. The van der Waals surface area contributed by atoms with Gasteiger partial charge in [-0.05, 0) is 32.6 Å². The highest BCUT2D eigenvalue weighted by Gasteiger charge is 2.07. The predicted octanol–water partition coefficient (Wildman–Crippen LogP) is 0.293. The number of hydrogen-bond donors (Lipinski definition) is 2. The standard InChI is InChI=1S/C15H32N4O2/c1-5-18(6-2)12-14(20)16-10-9-11-17-15(21)13-19(7-3)8-4/h5-13H2,1-4H3,(H,16,20)(H,17,21). The number of likely N-dealkylation sites (N-methyl/N-ethyl adjacent to an activating group) is 2. The average Bonchev–Trinajstić information content (AvgIpc) is 2.49. The second-order valence-electron chi connectivity index (χ2n) is 4.98. The van der Waals surface area contributed by atoms with E-state index >= 15 is 0 Å². The normalized spacial score (nSPS) is 11.0. The monoisotopic (exact) mass is 300 g/mol. The van der Waals surface area contributed by atoms with E-state index in [1.54, 1.807) is 0 Å². The molecular weight excluding hydrogens is 268 g/mol. The van der Waals surface area contributed by atoms with E-state index in [-0.39, 0.29) is 11.8 Å². The number of carbonyl (C=O) groups is 2. The largest absolute Gasteiger partial charge is 0.355 e. The van der Waals surface area contributed by atoms with E-state index in [0.29, 0.717) is 26.2 Å². The van der Waals surface area contributed by atoms with Crippen LogP contribution in [-0.2, 0) is 9.59 Å². The maximum atomic E-state index is 11.6. The van der Waals surface area contributed by atoms with Crippen LogP contribution < -0.4 is 10.6 Å². The molecule has 0 unspecified atom stereocenters. The van der Waals surface area contributed by atoms with Crippen LogP contribution in [0.5, 0.6) is 0 Å². The Labute approximate surface area is 129 Å². The highest BCUT2D eigenvalue weighted by atomic mass is 16.2. The molecule has 0 heterocycles. The molecule has 6 heteroatoms. The van der Waals surface area contributed by atoms with Crippen molar-refractivity contribution < 1.29 is 9.59 Å². The van der Waals surface area contributed by atoms with Gasteiger partial charge in [0.25, 0.3) is 0 Å². The summed E-state index contributed by atoms with van der Waals surface area (Å²) in [7, 11) is 0. The van der Waals surface area contributed by atoms with Crippen LogP contribution in [0.1, 0.15) is 34.1 Å². The first-order valence-electron chi connectivity index (χ1n) is 8.05. The van der Waals surface area contributed by atoms with Crippen molar-refractivity contribution in [2.45, 2.75) is 34.1 Å². The van der Waals surface area contributed by atoms with Crippen molar-refractivity contribution in [3.8, 4) is 0 Å². The van der Waals surface area contributed by atoms with Crippen molar-refractivity contribution >= 4 is 11.8 Å². The fourth-order valence-electron chi connectivity index (χ4n) is 1.96. The van der Waals surface area contributed by atoms with Gasteiger partial charge in [0.2, 0.25) is 11.8 Å². The summed E-state index contributed by atoms with van der Waals surface area (Å²) >= 11 is 0. The zero-order chi connectivity index (χ0) is 16.1. The first kappa shape index (κ1) is 19.9. The molecule has 0 aliphatic heterocycles. The number of amides is 2. The molecule has 0 atom stereocenters. The van der Waals surface area contributed by atoms with E-state index in [4.69, 9.17) is 0 Å². The number of nitrogens with zero attached hydrogens (tertiary/aromatic N) is 2. The summed E-state index contributed by atoms with van der Waals surface area (Å²) in [6.45, 7) is 13.8. The van der Waals surface area contributed by atoms with Crippen LogP contribution in [0.2, 0.25) is 0 Å². The van der Waals surface area contributed by atoms with Gasteiger partial charge in [-0.1, -0.05) is 27.7 Å². The van der Waals surface area contributed by atoms with Crippen molar-refractivity contribution in [1.29, 1.82) is 0 Å². The third-order valence-electron chi connectivity index (χ3n) is 3.52. The minimum absolute atomic E-state index is 0.0492. The Morgan fingerprint density at radius 1 is 0.714 bits per heavy atom. The summed E-state index contributed by atoms with van der Waals surface area (Å²) in [5, 5.41) is 5.75. The van der Waals surface area contributed by atoms with Crippen molar-refractivity contribution in [2.75, 3.05) is 52.4 Å². The van der Waals surface area contributed by atoms with E-state index in [1.165, 1.54) is 0 Å². The van der Waals surface area contributed by atoms with Crippen molar-refractivity contribution in [3.05, 3.63) is 0 Å². The number of carbonyl (C=O) groups excluding carboxylic acids is 2. The molecule has 0 saturated heterocycles. The highest BCUT2D eigenvalue weighted by Crippen LogP contribution is 1.87. The number of rotatable bonds is 12. The van der Waals surface area contributed by atoms with Crippen molar-refractivity contribution in [3.63, 3.8) is 0 Å². The zero-order valence-electron chi connectivity index (χ0n) is 14.1. The molecule has 0 rings (SSSR count). The Bertz CT molecular complexity index is 261. The van der Waals surface area contributed by atoms with Crippen molar-refractivity contribution in [2.24, 2.45) is 0 Å². The van der Waals surface area contributed by atoms with Crippen LogP contribution in [0.15, 0.2) is 0 Å². The lowest BCUT2D eigenvalue weighted by molar-refractivity contribution is -0.122. The Balaban J connectivity index is 3.63. The van der Waals surface area contributed by atoms with Crippen LogP contribution in [0.4, 0.5) is 0 Å². The average molecular weight is 300 g/mol. The minimum Gasteiger partial charge on any atom is -0.355 e. The summed E-state index contributed by atoms with van der Waals surface area (Å²) in [6, 6.07) is 0. The molecule has 0 bridgehead atoms. The van der Waals surface area contributed by atoms with E-state index in [0.717, 1.165) is 32.6 Å². The van der Waals surface area contributed by atoms with Crippen LogP contribution in [0.3, 0.4) is 0 Å². The third-order valence-corrected chi connectivity index (χ3v) is 3.52. The molecule has 21 heavy (non-hydrogen) atoms. The van der Waals surface area contributed by atoms with Gasteiger partial charge in [0.15, 0.2) is 0 Å². The molecule has 0 aliphatic carbocycles. The van der Waals surface area contributed by atoms with Gasteiger partial charge in [-0.3, -0.25) is 19.4 Å². The van der Waals surface area contributed by atoms with Gasteiger partial charge in [-0.15, -0.1) is 0 Å². The summed E-state index contributed by atoms with van der Waals surface area (Å²) in [6.07, 6.45) is 0.758. The molecule has 124 valence electrons. The predicted molar refractivity (Wildman–Crippen MR) is 86.2 cm³/mol. The van der Waals surface area contributed by atoms with Gasteiger partial charge < -0.3 is 10.6 Å². The van der Waals surface area contributed by atoms with Gasteiger partial charge in [-0.25, -0.2) is 0 Å². The molecule has 0 fully saturated rings. The molecule has 0 radical (unpaired) electrons. The molecule has 0 aromatic rings. The molecule has 0 aromatic carbocycles. The SMILES string of the molecule is CCN(CC)CC(=O)NCCCNC(=O)CN(CC)CC. The highest BCUT2D eigenvalue weighted by molar-refractivity contribution is 5.78. The second-order valence-corrected chi connectivity index (χ2v) is 4.98. The lowest BCUT2D eigenvalue weighted by atomic mass is 10.3. The first-order valence-corrected chi connectivity index (χ1v) is 8.05. The summed E-state index contributed by atoms with van der Waals surface area (Å²) in [4.78, 5) is 27.4.